The fourth-order valence-corrected chi connectivity index (χ4v) is 7.37. The third kappa shape index (κ3) is 26.8. The van der Waals surface area contributed by atoms with E-state index in [9.17, 15) is 44.6 Å². The summed E-state index contributed by atoms with van der Waals surface area (Å²) < 4.78 is 33.3. The third-order valence-electron chi connectivity index (χ3n) is 10.00. The summed E-state index contributed by atoms with van der Waals surface area (Å²) in [4.78, 5) is 35.5. The number of carbonyl (C=O) groups excluding carboxylic acids is 2. The number of hydrogen-bond donors (Lipinski definition) is 6. The van der Waals surface area contributed by atoms with Gasteiger partial charge in [-0.3, -0.25) is 13.8 Å². The molecule has 0 bridgehead atoms. The number of hydrogen-bond acceptors (Lipinski definition) is 12. The van der Waals surface area contributed by atoms with Crippen molar-refractivity contribution in [2.45, 2.75) is 204 Å². The first-order chi connectivity index (χ1) is 27.9. The Morgan fingerprint density at radius 2 is 1.07 bits per heavy atom. The molecular weight excluding hydrogens is 767 g/mol. The molecule has 0 saturated heterocycles. The molecule has 58 heavy (non-hydrogen) atoms. The SMILES string of the molecule is CCCC/C=C/C/C=C/CCCCCCCC(=O)O[C@@H](COC(=O)/C=C/C=C/CCCCCCCCCCCCC)COP(=O)(O)OC1C(O)C(O)C(O)[C@H](O)C1O. The Balaban J connectivity index is 2.55. The maximum absolute atomic E-state index is 12.8. The largest absolute Gasteiger partial charge is 0.472 e. The van der Waals surface area contributed by atoms with Crippen LogP contribution in [-0.4, -0.2) is 98.3 Å². The molecule has 0 aromatic rings. The standard InChI is InChI=1S/C44H77O13P/c1-3-5-7-9-11-13-15-17-19-21-22-24-26-28-30-32-37(45)54-34-36(35-55-58(52,53)57-44-42(50)40(48)39(47)41(49)43(44)51)56-38(46)33-31-29-27-25-23-20-18-16-14-12-10-8-6-4-2/h10,12,16,18,26,28,30,32,36,39-44,47-51H,3-9,11,13-15,17,19-25,27,29,31,33-35H2,1-2H3,(H,52,53)/b12-10+,18-16+,28-26+,32-30+/t36-,39?,40-,41?,42?,43?,44?/m0/s1. The molecule has 0 radical (unpaired) electrons. The van der Waals surface area contributed by atoms with E-state index in [0.29, 0.717) is 6.42 Å². The molecule has 0 amide bonds. The number of carbonyl (C=O) groups is 2. The summed E-state index contributed by atoms with van der Waals surface area (Å²) >= 11 is 0. The van der Waals surface area contributed by atoms with Crippen LogP contribution in [0.15, 0.2) is 48.6 Å². The monoisotopic (exact) mass is 845 g/mol. The third-order valence-corrected chi connectivity index (χ3v) is 11.0. The van der Waals surface area contributed by atoms with Gasteiger partial charge in [0, 0.05) is 12.5 Å². The zero-order valence-electron chi connectivity index (χ0n) is 35.3. The van der Waals surface area contributed by atoms with Crippen molar-refractivity contribution in [1.82, 2.24) is 0 Å². The van der Waals surface area contributed by atoms with Crippen molar-refractivity contribution in [3.63, 3.8) is 0 Å². The number of aliphatic hydroxyl groups excluding tert-OH is 5. The minimum absolute atomic E-state index is 0.0599. The summed E-state index contributed by atoms with van der Waals surface area (Å²) in [5.41, 5.74) is 0. The van der Waals surface area contributed by atoms with Crippen molar-refractivity contribution in [2.75, 3.05) is 13.2 Å². The number of unbranched alkanes of at least 4 members (excludes halogenated alkanes) is 18. The Labute approximate surface area is 348 Å². The lowest BCUT2D eigenvalue weighted by atomic mass is 9.85. The Bertz CT molecular complexity index is 1210. The van der Waals surface area contributed by atoms with Crippen LogP contribution in [0.2, 0.25) is 0 Å². The van der Waals surface area contributed by atoms with E-state index >= 15 is 0 Å². The van der Waals surface area contributed by atoms with Gasteiger partial charge in [0.1, 0.15) is 43.2 Å². The van der Waals surface area contributed by atoms with E-state index in [1.807, 2.05) is 6.08 Å². The number of phosphoric acid groups is 1. The Hall–Kier alpha value is -2.19. The van der Waals surface area contributed by atoms with E-state index in [4.69, 9.17) is 18.5 Å². The highest BCUT2D eigenvalue weighted by atomic mass is 31.2. The molecule has 0 aromatic heterocycles. The van der Waals surface area contributed by atoms with Gasteiger partial charge in [-0.05, 0) is 44.9 Å². The van der Waals surface area contributed by atoms with Gasteiger partial charge in [0.05, 0.1) is 6.61 Å². The van der Waals surface area contributed by atoms with Crippen molar-refractivity contribution in [3.05, 3.63) is 48.6 Å². The van der Waals surface area contributed by atoms with Crippen LogP contribution in [0, 0.1) is 0 Å². The number of esters is 2. The normalized spacial score (nSPS) is 23.0. The van der Waals surface area contributed by atoms with E-state index in [2.05, 4.69) is 38.2 Å². The van der Waals surface area contributed by atoms with Crippen LogP contribution >= 0.6 is 7.82 Å². The molecule has 336 valence electrons. The molecule has 6 unspecified atom stereocenters. The minimum atomic E-state index is -5.14. The molecule has 1 rings (SSSR count). The van der Waals surface area contributed by atoms with Gasteiger partial charge >= 0.3 is 19.8 Å². The van der Waals surface area contributed by atoms with Crippen LogP contribution in [0.3, 0.4) is 0 Å². The maximum atomic E-state index is 12.8. The Morgan fingerprint density at radius 3 is 1.64 bits per heavy atom. The zero-order chi connectivity index (χ0) is 42.9. The second kappa shape index (κ2) is 34.5. The first kappa shape index (κ1) is 53.8. The number of phosphoric ester groups is 1. The topological polar surface area (TPSA) is 210 Å². The second-order valence-corrected chi connectivity index (χ2v) is 16.7. The molecule has 0 aromatic carbocycles. The van der Waals surface area contributed by atoms with Crippen molar-refractivity contribution >= 4 is 19.8 Å². The lowest BCUT2D eigenvalue weighted by molar-refractivity contribution is -0.220. The fraction of sp³-hybridized carbons (Fsp3) is 0.773. The minimum Gasteiger partial charge on any atom is -0.458 e. The fourth-order valence-electron chi connectivity index (χ4n) is 6.39. The molecule has 1 aliphatic carbocycles. The zero-order valence-corrected chi connectivity index (χ0v) is 36.2. The van der Waals surface area contributed by atoms with Crippen LogP contribution in [0.25, 0.3) is 0 Å². The summed E-state index contributed by atoms with van der Waals surface area (Å²) in [7, 11) is -5.14. The molecule has 13 nitrogen and oxygen atoms in total. The molecule has 0 heterocycles. The molecule has 14 heteroatoms. The van der Waals surface area contributed by atoms with Crippen LogP contribution in [0.5, 0.6) is 0 Å². The smallest absolute Gasteiger partial charge is 0.458 e. The average Bonchev–Trinajstić information content (AvgIpc) is 3.20. The average molecular weight is 845 g/mol. The summed E-state index contributed by atoms with van der Waals surface area (Å²) in [6, 6.07) is 0. The number of allylic oxidation sites excluding steroid dienone is 7. The quantitative estimate of drug-likeness (QED) is 0.00894. The van der Waals surface area contributed by atoms with Gasteiger partial charge < -0.3 is 39.9 Å². The summed E-state index contributed by atoms with van der Waals surface area (Å²) in [6.07, 6.45) is 26.6. The summed E-state index contributed by atoms with van der Waals surface area (Å²) in [6.45, 7) is 3.12. The van der Waals surface area contributed by atoms with E-state index in [0.717, 1.165) is 64.2 Å². The van der Waals surface area contributed by atoms with Gasteiger partial charge in [-0.25, -0.2) is 9.36 Å². The van der Waals surface area contributed by atoms with Crippen molar-refractivity contribution < 1.29 is 63.1 Å². The van der Waals surface area contributed by atoms with Gasteiger partial charge in [-0.2, -0.15) is 0 Å². The van der Waals surface area contributed by atoms with Gasteiger partial charge in [0.2, 0.25) is 0 Å². The van der Waals surface area contributed by atoms with Crippen molar-refractivity contribution in [3.8, 4) is 0 Å². The maximum Gasteiger partial charge on any atom is 0.472 e. The molecule has 0 spiro atoms. The van der Waals surface area contributed by atoms with Crippen LogP contribution in [0.1, 0.15) is 162 Å². The van der Waals surface area contributed by atoms with Crippen molar-refractivity contribution in [2.24, 2.45) is 0 Å². The van der Waals surface area contributed by atoms with Crippen LogP contribution < -0.4 is 0 Å². The second-order valence-electron chi connectivity index (χ2n) is 15.3. The highest BCUT2D eigenvalue weighted by Gasteiger charge is 2.51. The Kier molecular flexibility index (Phi) is 32.0. The number of aliphatic hydroxyl groups is 5. The van der Waals surface area contributed by atoms with E-state index in [-0.39, 0.29) is 6.42 Å². The highest BCUT2D eigenvalue weighted by Crippen LogP contribution is 2.47. The lowest BCUT2D eigenvalue weighted by Crippen LogP contribution is -2.64. The molecular formula is C44H77O13P. The van der Waals surface area contributed by atoms with Gasteiger partial charge in [-0.1, -0.05) is 153 Å². The Morgan fingerprint density at radius 1 is 0.586 bits per heavy atom. The molecule has 1 fully saturated rings. The van der Waals surface area contributed by atoms with E-state index in [1.54, 1.807) is 6.08 Å². The van der Waals surface area contributed by atoms with Crippen LogP contribution in [0.4, 0.5) is 0 Å². The molecule has 6 N–H and O–H groups in total. The lowest BCUT2D eigenvalue weighted by Gasteiger charge is -2.41. The first-order valence-electron chi connectivity index (χ1n) is 22.0. The number of rotatable bonds is 35. The predicted octanol–water partition coefficient (Wildman–Crippen LogP) is 8.00. The van der Waals surface area contributed by atoms with E-state index in [1.165, 1.54) is 82.8 Å². The molecule has 1 aliphatic rings. The van der Waals surface area contributed by atoms with Crippen LogP contribution in [-0.2, 0) is 32.7 Å². The first-order valence-corrected chi connectivity index (χ1v) is 23.5. The highest BCUT2D eigenvalue weighted by molar-refractivity contribution is 7.47. The summed E-state index contributed by atoms with van der Waals surface area (Å²) in [5.74, 6) is -1.37. The predicted molar refractivity (Wildman–Crippen MR) is 226 cm³/mol. The van der Waals surface area contributed by atoms with Gasteiger partial charge in [-0.15, -0.1) is 0 Å². The molecule has 1 saturated carbocycles. The van der Waals surface area contributed by atoms with Gasteiger partial charge in [0.15, 0.2) is 6.10 Å². The van der Waals surface area contributed by atoms with Gasteiger partial charge in [0.25, 0.3) is 0 Å². The molecule has 8 atom stereocenters. The summed E-state index contributed by atoms with van der Waals surface area (Å²) in [5, 5.41) is 50.0. The van der Waals surface area contributed by atoms with Crippen molar-refractivity contribution in [1.29, 1.82) is 0 Å². The molecule has 0 aliphatic heterocycles. The number of ether oxygens (including phenoxy) is 2. The van der Waals surface area contributed by atoms with E-state index < -0.39 is 75.7 Å².